The van der Waals surface area contributed by atoms with E-state index in [4.69, 9.17) is 4.74 Å². The van der Waals surface area contributed by atoms with Crippen molar-refractivity contribution in [3.8, 4) is 5.75 Å². The summed E-state index contributed by atoms with van der Waals surface area (Å²) in [5, 5.41) is 2.73. The molecule has 7 nitrogen and oxygen atoms in total. The minimum atomic E-state index is -0.417. The Balaban J connectivity index is 1.70. The second kappa shape index (κ2) is 7.98. The maximum atomic E-state index is 13.1. The Morgan fingerprint density at radius 1 is 1.11 bits per heavy atom. The fourth-order valence-corrected chi connectivity index (χ4v) is 3.92. The molecule has 27 heavy (non-hydrogen) atoms. The number of amides is 3. The van der Waals surface area contributed by atoms with Gasteiger partial charge in [0.05, 0.1) is 12.7 Å². The molecule has 0 aliphatic carbocycles. The summed E-state index contributed by atoms with van der Waals surface area (Å²) in [4.78, 5) is 40.7. The number of nitrogens with one attached hydrogen (secondary N) is 1. The third-order valence-electron chi connectivity index (χ3n) is 5.24. The molecular weight excluding hydrogens is 346 g/mol. The van der Waals surface area contributed by atoms with Gasteiger partial charge in [-0.05, 0) is 43.9 Å². The first kappa shape index (κ1) is 19.2. The van der Waals surface area contributed by atoms with Gasteiger partial charge in [0.1, 0.15) is 11.8 Å². The smallest absolute Gasteiger partial charge is 0.257 e. The lowest BCUT2D eigenvalue weighted by Gasteiger charge is -2.25. The summed E-state index contributed by atoms with van der Waals surface area (Å²) in [5.41, 5.74) is 2.52. The Kier molecular flexibility index (Phi) is 5.68. The summed E-state index contributed by atoms with van der Waals surface area (Å²) < 4.78 is 5.46. The van der Waals surface area contributed by atoms with Crippen molar-refractivity contribution >= 4 is 17.7 Å². The summed E-state index contributed by atoms with van der Waals surface area (Å²) in [6, 6.07) is 3.43. The summed E-state index contributed by atoms with van der Waals surface area (Å²) in [6.07, 6.45) is 1.67. The molecule has 2 heterocycles. The maximum absolute atomic E-state index is 13.1. The van der Waals surface area contributed by atoms with Crippen LogP contribution in [0.15, 0.2) is 12.1 Å². The highest BCUT2D eigenvalue weighted by atomic mass is 16.5. The van der Waals surface area contributed by atoms with Crippen LogP contribution in [0.3, 0.4) is 0 Å². The quantitative estimate of drug-likeness (QED) is 0.865. The van der Waals surface area contributed by atoms with E-state index in [-0.39, 0.29) is 17.7 Å². The number of aryl methyl sites for hydroxylation is 2. The second-order valence-electron chi connectivity index (χ2n) is 7.29. The van der Waals surface area contributed by atoms with Crippen LogP contribution in [0, 0.1) is 13.8 Å². The Labute approximate surface area is 159 Å². The van der Waals surface area contributed by atoms with Crippen LogP contribution in [0.2, 0.25) is 0 Å². The van der Waals surface area contributed by atoms with Crippen LogP contribution >= 0.6 is 0 Å². The van der Waals surface area contributed by atoms with Gasteiger partial charge in [0.15, 0.2) is 0 Å². The molecule has 0 bridgehead atoms. The number of benzene rings is 1. The normalized spacial score (nSPS) is 20.3. The standard InChI is InChI=1S/C20H27N3O4/c1-13-11-14(2)18(27-3)15(12-13)19(25)22-7-4-8-23(10-9-22)20(26)16-5-6-17(24)21-16/h11-12,16H,4-10H2,1-3H3,(H,21,24). The monoisotopic (exact) mass is 373 g/mol. The van der Waals surface area contributed by atoms with E-state index in [1.165, 1.54) is 0 Å². The molecule has 0 radical (unpaired) electrons. The average molecular weight is 373 g/mol. The van der Waals surface area contributed by atoms with Crippen LogP contribution in [-0.4, -0.2) is 66.9 Å². The van der Waals surface area contributed by atoms with Crippen molar-refractivity contribution < 1.29 is 19.1 Å². The van der Waals surface area contributed by atoms with Crippen LogP contribution < -0.4 is 10.1 Å². The maximum Gasteiger partial charge on any atom is 0.257 e. The molecule has 3 rings (SSSR count). The van der Waals surface area contributed by atoms with Crippen molar-refractivity contribution in [1.82, 2.24) is 15.1 Å². The molecule has 1 aromatic carbocycles. The zero-order valence-electron chi connectivity index (χ0n) is 16.2. The van der Waals surface area contributed by atoms with E-state index < -0.39 is 6.04 Å². The van der Waals surface area contributed by atoms with E-state index in [1.54, 1.807) is 16.9 Å². The summed E-state index contributed by atoms with van der Waals surface area (Å²) in [7, 11) is 1.58. The van der Waals surface area contributed by atoms with Crippen LogP contribution in [-0.2, 0) is 9.59 Å². The van der Waals surface area contributed by atoms with Gasteiger partial charge in [0, 0.05) is 32.6 Å². The molecule has 1 N–H and O–H groups in total. The Bertz CT molecular complexity index is 762. The molecule has 1 atom stereocenters. The minimum Gasteiger partial charge on any atom is -0.496 e. The van der Waals surface area contributed by atoms with Gasteiger partial charge in [-0.15, -0.1) is 0 Å². The van der Waals surface area contributed by atoms with Gasteiger partial charge in [0.25, 0.3) is 5.91 Å². The first-order valence-electron chi connectivity index (χ1n) is 9.43. The Morgan fingerprint density at radius 2 is 1.81 bits per heavy atom. The van der Waals surface area contributed by atoms with E-state index in [0.29, 0.717) is 56.8 Å². The van der Waals surface area contributed by atoms with E-state index in [0.717, 1.165) is 11.1 Å². The summed E-state index contributed by atoms with van der Waals surface area (Å²) in [6.45, 7) is 6.03. The third kappa shape index (κ3) is 4.07. The fourth-order valence-electron chi connectivity index (χ4n) is 3.92. The molecule has 0 aromatic heterocycles. The van der Waals surface area contributed by atoms with Crippen LogP contribution in [0.4, 0.5) is 0 Å². The fraction of sp³-hybridized carbons (Fsp3) is 0.550. The number of carbonyl (C=O) groups excluding carboxylic acids is 3. The Morgan fingerprint density at radius 3 is 2.48 bits per heavy atom. The average Bonchev–Trinajstić information content (AvgIpc) is 2.92. The lowest BCUT2D eigenvalue weighted by molar-refractivity contribution is -0.134. The highest BCUT2D eigenvalue weighted by Gasteiger charge is 2.32. The number of nitrogens with zero attached hydrogens (tertiary/aromatic N) is 2. The van der Waals surface area contributed by atoms with E-state index in [1.807, 2.05) is 26.0 Å². The summed E-state index contributed by atoms with van der Waals surface area (Å²) >= 11 is 0. The van der Waals surface area contributed by atoms with Gasteiger partial charge in [-0.2, -0.15) is 0 Å². The first-order valence-corrected chi connectivity index (χ1v) is 9.43. The molecule has 146 valence electrons. The summed E-state index contributed by atoms with van der Waals surface area (Å²) in [5.74, 6) is 0.430. The van der Waals surface area contributed by atoms with E-state index >= 15 is 0 Å². The zero-order chi connectivity index (χ0) is 19.6. The molecule has 0 spiro atoms. The molecule has 2 saturated heterocycles. The molecule has 1 unspecified atom stereocenters. The molecule has 2 aliphatic rings. The molecule has 2 aliphatic heterocycles. The van der Waals surface area contributed by atoms with Crippen molar-refractivity contribution in [2.24, 2.45) is 0 Å². The number of hydrogen-bond acceptors (Lipinski definition) is 4. The van der Waals surface area contributed by atoms with Crippen LogP contribution in [0.1, 0.15) is 40.7 Å². The molecule has 1 aromatic rings. The first-order chi connectivity index (χ1) is 12.9. The van der Waals surface area contributed by atoms with Crippen molar-refractivity contribution in [2.75, 3.05) is 33.3 Å². The SMILES string of the molecule is COc1c(C)cc(C)cc1C(=O)N1CCCN(C(=O)C2CCC(=O)N2)CC1. The number of ether oxygens (including phenoxy) is 1. The molecule has 2 fully saturated rings. The van der Waals surface area contributed by atoms with Gasteiger partial charge in [0.2, 0.25) is 11.8 Å². The van der Waals surface area contributed by atoms with Gasteiger partial charge < -0.3 is 19.9 Å². The molecule has 0 saturated carbocycles. The van der Waals surface area contributed by atoms with Crippen molar-refractivity contribution in [3.63, 3.8) is 0 Å². The van der Waals surface area contributed by atoms with Gasteiger partial charge in [-0.3, -0.25) is 14.4 Å². The number of carbonyl (C=O) groups is 3. The molecular formula is C20H27N3O4. The highest BCUT2D eigenvalue weighted by Crippen LogP contribution is 2.27. The van der Waals surface area contributed by atoms with Gasteiger partial charge in [-0.1, -0.05) is 6.07 Å². The van der Waals surface area contributed by atoms with Crippen LogP contribution in [0.5, 0.6) is 5.75 Å². The predicted molar refractivity (Wildman–Crippen MR) is 101 cm³/mol. The van der Waals surface area contributed by atoms with E-state index in [9.17, 15) is 14.4 Å². The van der Waals surface area contributed by atoms with Gasteiger partial charge >= 0.3 is 0 Å². The molecule has 3 amide bonds. The Hall–Kier alpha value is -2.57. The lowest BCUT2D eigenvalue weighted by Crippen LogP contribution is -2.46. The molecule has 7 heteroatoms. The van der Waals surface area contributed by atoms with Crippen LogP contribution in [0.25, 0.3) is 0 Å². The number of methoxy groups -OCH3 is 1. The number of rotatable bonds is 3. The largest absolute Gasteiger partial charge is 0.496 e. The van der Waals surface area contributed by atoms with E-state index in [2.05, 4.69) is 5.32 Å². The highest BCUT2D eigenvalue weighted by molar-refractivity contribution is 5.97. The second-order valence-corrected chi connectivity index (χ2v) is 7.29. The third-order valence-corrected chi connectivity index (χ3v) is 5.24. The van der Waals surface area contributed by atoms with Crippen molar-refractivity contribution in [1.29, 1.82) is 0 Å². The number of hydrogen-bond donors (Lipinski definition) is 1. The zero-order valence-corrected chi connectivity index (χ0v) is 16.2. The van der Waals surface area contributed by atoms with Crippen molar-refractivity contribution in [2.45, 2.75) is 39.2 Å². The predicted octanol–water partition coefficient (Wildman–Crippen LogP) is 1.27. The van der Waals surface area contributed by atoms with Crippen molar-refractivity contribution in [3.05, 3.63) is 28.8 Å². The van der Waals surface area contributed by atoms with Gasteiger partial charge in [-0.25, -0.2) is 0 Å². The lowest BCUT2D eigenvalue weighted by atomic mass is 10.0. The minimum absolute atomic E-state index is 0.0425. The topological polar surface area (TPSA) is 79.0 Å².